The molecule has 13 heavy (non-hydrogen) atoms. The first-order valence-electron chi connectivity index (χ1n) is 4.83. The zero-order valence-electron chi connectivity index (χ0n) is 7.73. The third kappa shape index (κ3) is 4.00. The average molecular weight is 193 g/mol. The first-order chi connectivity index (χ1) is 6.14. The molecule has 78 valence electrons. The summed E-state index contributed by atoms with van der Waals surface area (Å²) < 4.78 is 25.0. The van der Waals surface area contributed by atoms with Gasteiger partial charge in [0.2, 0.25) is 0 Å². The molecule has 0 saturated heterocycles. The SMILES string of the molecule is OCC(F)(F)CNCC1CCCC1. The molecule has 0 bridgehead atoms. The summed E-state index contributed by atoms with van der Waals surface area (Å²) in [6.45, 7) is -0.805. The summed E-state index contributed by atoms with van der Waals surface area (Å²) in [7, 11) is 0. The van der Waals surface area contributed by atoms with Gasteiger partial charge in [0.1, 0.15) is 6.61 Å². The number of nitrogens with one attached hydrogen (secondary N) is 1. The van der Waals surface area contributed by atoms with Crippen LogP contribution in [0.15, 0.2) is 0 Å². The minimum Gasteiger partial charge on any atom is -0.390 e. The van der Waals surface area contributed by atoms with Crippen LogP contribution in [0.2, 0.25) is 0 Å². The Balaban J connectivity index is 2.06. The van der Waals surface area contributed by atoms with Crippen molar-refractivity contribution in [1.29, 1.82) is 0 Å². The number of hydrogen-bond donors (Lipinski definition) is 2. The van der Waals surface area contributed by atoms with E-state index in [1.165, 1.54) is 12.8 Å². The standard InChI is InChI=1S/C9H17F2NO/c10-9(11,7-13)6-12-5-8-3-1-2-4-8/h8,12-13H,1-7H2. The monoisotopic (exact) mass is 193 g/mol. The molecule has 1 aliphatic rings. The summed E-state index contributed by atoms with van der Waals surface area (Å²) >= 11 is 0. The quantitative estimate of drug-likeness (QED) is 0.691. The Bertz CT molecular complexity index is 147. The van der Waals surface area contributed by atoms with Crippen molar-refractivity contribution in [1.82, 2.24) is 5.32 Å². The lowest BCUT2D eigenvalue weighted by atomic mass is 10.1. The Morgan fingerprint density at radius 1 is 1.31 bits per heavy atom. The molecule has 1 rings (SSSR count). The highest BCUT2D eigenvalue weighted by molar-refractivity contribution is 4.73. The molecule has 1 aliphatic carbocycles. The van der Waals surface area contributed by atoms with Crippen molar-refractivity contribution in [3.8, 4) is 0 Å². The van der Waals surface area contributed by atoms with Crippen molar-refractivity contribution >= 4 is 0 Å². The Morgan fingerprint density at radius 3 is 2.46 bits per heavy atom. The highest BCUT2D eigenvalue weighted by Gasteiger charge is 2.27. The molecule has 0 heterocycles. The number of hydrogen-bond acceptors (Lipinski definition) is 2. The summed E-state index contributed by atoms with van der Waals surface area (Å²) in [5.74, 6) is -2.40. The molecule has 0 atom stereocenters. The van der Waals surface area contributed by atoms with Crippen LogP contribution < -0.4 is 5.32 Å². The van der Waals surface area contributed by atoms with E-state index in [4.69, 9.17) is 5.11 Å². The Hall–Kier alpha value is -0.220. The molecule has 2 N–H and O–H groups in total. The molecule has 0 amide bonds. The fourth-order valence-corrected chi connectivity index (χ4v) is 1.73. The average Bonchev–Trinajstić information content (AvgIpc) is 2.57. The van der Waals surface area contributed by atoms with Crippen LogP contribution >= 0.6 is 0 Å². The van der Waals surface area contributed by atoms with Crippen molar-refractivity contribution in [2.45, 2.75) is 31.6 Å². The van der Waals surface area contributed by atoms with Crippen LogP contribution in [0, 0.1) is 5.92 Å². The van der Waals surface area contributed by atoms with Crippen LogP contribution in [0.1, 0.15) is 25.7 Å². The molecule has 1 saturated carbocycles. The fourth-order valence-electron chi connectivity index (χ4n) is 1.73. The van der Waals surface area contributed by atoms with E-state index in [1.807, 2.05) is 0 Å². The third-order valence-corrected chi connectivity index (χ3v) is 2.52. The molecule has 0 aromatic heterocycles. The van der Waals surface area contributed by atoms with Gasteiger partial charge in [-0.15, -0.1) is 0 Å². The topological polar surface area (TPSA) is 32.3 Å². The van der Waals surface area contributed by atoms with E-state index in [0.29, 0.717) is 12.5 Å². The summed E-state index contributed by atoms with van der Waals surface area (Å²) in [5, 5.41) is 11.0. The van der Waals surface area contributed by atoms with E-state index >= 15 is 0 Å². The number of aliphatic hydroxyl groups is 1. The molecule has 1 fully saturated rings. The number of alkyl halides is 2. The van der Waals surface area contributed by atoms with Crippen LogP contribution in [0.4, 0.5) is 8.78 Å². The van der Waals surface area contributed by atoms with Gasteiger partial charge in [-0.1, -0.05) is 12.8 Å². The molecule has 0 aromatic rings. The zero-order valence-corrected chi connectivity index (χ0v) is 7.73. The first kappa shape index (κ1) is 10.9. The lowest BCUT2D eigenvalue weighted by molar-refractivity contribution is -0.0479. The van der Waals surface area contributed by atoms with Gasteiger partial charge in [-0.2, -0.15) is 0 Å². The minimum atomic E-state index is -2.96. The molecule has 0 aromatic carbocycles. The predicted octanol–water partition coefficient (Wildman–Crippen LogP) is 1.39. The van der Waals surface area contributed by atoms with Gasteiger partial charge in [-0.05, 0) is 25.3 Å². The van der Waals surface area contributed by atoms with Crippen molar-refractivity contribution in [3.63, 3.8) is 0 Å². The molecule has 2 nitrogen and oxygen atoms in total. The van der Waals surface area contributed by atoms with Gasteiger partial charge in [0.15, 0.2) is 0 Å². The molecule has 0 spiro atoms. The molecule has 0 radical (unpaired) electrons. The fraction of sp³-hybridized carbons (Fsp3) is 1.00. The van der Waals surface area contributed by atoms with Gasteiger partial charge in [0.25, 0.3) is 5.92 Å². The van der Waals surface area contributed by atoms with Gasteiger partial charge in [-0.25, -0.2) is 8.78 Å². The van der Waals surface area contributed by atoms with Crippen LogP contribution in [0.25, 0.3) is 0 Å². The molecule has 0 aliphatic heterocycles. The first-order valence-corrected chi connectivity index (χ1v) is 4.83. The smallest absolute Gasteiger partial charge is 0.282 e. The van der Waals surface area contributed by atoms with E-state index < -0.39 is 19.1 Å². The Morgan fingerprint density at radius 2 is 1.92 bits per heavy atom. The predicted molar refractivity (Wildman–Crippen MR) is 46.9 cm³/mol. The van der Waals surface area contributed by atoms with Crippen molar-refractivity contribution in [2.75, 3.05) is 19.7 Å². The summed E-state index contributed by atoms with van der Waals surface area (Å²) in [6, 6.07) is 0. The van der Waals surface area contributed by atoms with Crippen LogP contribution in [0.3, 0.4) is 0 Å². The van der Waals surface area contributed by atoms with Crippen LogP contribution in [-0.4, -0.2) is 30.7 Å². The third-order valence-electron chi connectivity index (χ3n) is 2.52. The maximum absolute atomic E-state index is 12.5. The second-order valence-corrected chi connectivity index (χ2v) is 3.80. The van der Waals surface area contributed by atoms with Gasteiger partial charge in [0.05, 0.1) is 6.54 Å². The highest BCUT2D eigenvalue weighted by Crippen LogP contribution is 2.23. The van der Waals surface area contributed by atoms with E-state index in [-0.39, 0.29) is 0 Å². The number of rotatable bonds is 5. The second kappa shape index (κ2) is 4.86. The van der Waals surface area contributed by atoms with Gasteiger partial charge >= 0.3 is 0 Å². The second-order valence-electron chi connectivity index (χ2n) is 3.80. The van der Waals surface area contributed by atoms with Gasteiger partial charge in [-0.3, -0.25) is 0 Å². The Labute approximate surface area is 77.3 Å². The highest BCUT2D eigenvalue weighted by atomic mass is 19.3. The number of aliphatic hydroxyl groups excluding tert-OH is 1. The van der Waals surface area contributed by atoms with Crippen molar-refractivity contribution in [2.24, 2.45) is 5.92 Å². The van der Waals surface area contributed by atoms with Crippen LogP contribution in [0.5, 0.6) is 0 Å². The molecule has 0 unspecified atom stereocenters. The van der Waals surface area contributed by atoms with E-state index in [2.05, 4.69) is 5.32 Å². The molecule has 4 heteroatoms. The largest absolute Gasteiger partial charge is 0.390 e. The molecular formula is C9H17F2NO. The van der Waals surface area contributed by atoms with Crippen molar-refractivity contribution in [3.05, 3.63) is 0 Å². The van der Waals surface area contributed by atoms with Crippen LogP contribution in [-0.2, 0) is 0 Å². The minimum absolute atomic E-state index is 0.403. The van der Waals surface area contributed by atoms with Gasteiger partial charge in [0, 0.05) is 0 Å². The van der Waals surface area contributed by atoms with Crippen molar-refractivity contribution < 1.29 is 13.9 Å². The summed E-state index contributed by atoms with van der Waals surface area (Å²) in [5.41, 5.74) is 0. The van der Waals surface area contributed by atoms with E-state index in [1.54, 1.807) is 0 Å². The summed E-state index contributed by atoms with van der Waals surface area (Å²) in [6.07, 6.45) is 4.75. The zero-order chi connectivity index (χ0) is 9.73. The molecular weight excluding hydrogens is 176 g/mol. The normalized spacial score (nSPS) is 19.6. The Kier molecular flexibility index (Phi) is 4.06. The lowest BCUT2D eigenvalue weighted by Gasteiger charge is -2.16. The number of halogens is 2. The summed E-state index contributed by atoms with van der Waals surface area (Å²) in [4.78, 5) is 0. The lowest BCUT2D eigenvalue weighted by Crippen LogP contribution is -2.37. The maximum atomic E-state index is 12.5. The van der Waals surface area contributed by atoms with Gasteiger partial charge < -0.3 is 10.4 Å². The van der Waals surface area contributed by atoms with E-state index in [0.717, 1.165) is 12.8 Å². The van der Waals surface area contributed by atoms with E-state index in [9.17, 15) is 8.78 Å². The maximum Gasteiger partial charge on any atom is 0.282 e.